The number of phenols is 2. The van der Waals surface area contributed by atoms with Gasteiger partial charge >= 0.3 is 6.16 Å². The molecule has 30 heavy (non-hydrogen) atoms. The first-order valence-corrected chi connectivity index (χ1v) is 9.27. The Morgan fingerprint density at radius 1 is 0.533 bits per heavy atom. The second-order valence-corrected chi connectivity index (χ2v) is 6.54. The van der Waals surface area contributed by atoms with Crippen molar-refractivity contribution in [3.63, 3.8) is 0 Å². The van der Waals surface area contributed by atoms with Crippen molar-refractivity contribution < 1.29 is 24.5 Å². The second kappa shape index (κ2) is 8.41. The minimum absolute atomic E-state index is 0.155. The van der Waals surface area contributed by atoms with Crippen LogP contribution in [0, 0.1) is 0 Å². The van der Waals surface area contributed by atoms with Crippen LogP contribution in [0.3, 0.4) is 0 Å². The van der Waals surface area contributed by atoms with E-state index >= 15 is 0 Å². The van der Waals surface area contributed by atoms with Crippen molar-refractivity contribution >= 4 is 6.16 Å². The van der Waals surface area contributed by atoms with Gasteiger partial charge in [-0.2, -0.15) is 0 Å². The normalized spacial score (nSPS) is 10.4. The number of aromatic hydroxyl groups is 2. The molecule has 4 aromatic rings. The summed E-state index contributed by atoms with van der Waals surface area (Å²) in [6.45, 7) is 0. The number of benzene rings is 4. The highest BCUT2D eigenvalue weighted by atomic mass is 16.7. The molecular formula is C25H18O5. The number of ether oxygens (including phenoxy) is 2. The molecule has 0 bridgehead atoms. The monoisotopic (exact) mass is 398 g/mol. The number of hydrogen-bond donors (Lipinski definition) is 2. The highest BCUT2D eigenvalue weighted by Gasteiger charge is 2.15. The number of para-hydroxylation sites is 2. The molecule has 0 aliphatic rings. The van der Waals surface area contributed by atoms with Gasteiger partial charge in [0.15, 0.2) is 0 Å². The summed E-state index contributed by atoms with van der Waals surface area (Å²) < 4.78 is 11.0. The van der Waals surface area contributed by atoms with E-state index in [0.29, 0.717) is 22.6 Å². The zero-order valence-corrected chi connectivity index (χ0v) is 15.9. The van der Waals surface area contributed by atoms with Crippen LogP contribution in [0.4, 0.5) is 4.79 Å². The first kappa shape index (κ1) is 19.1. The van der Waals surface area contributed by atoms with Crippen LogP contribution in [0.15, 0.2) is 97.1 Å². The van der Waals surface area contributed by atoms with Crippen molar-refractivity contribution in [3.8, 4) is 45.3 Å². The molecule has 0 heterocycles. The molecule has 0 amide bonds. The van der Waals surface area contributed by atoms with Gasteiger partial charge in [-0.15, -0.1) is 0 Å². The summed E-state index contributed by atoms with van der Waals surface area (Å²) >= 11 is 0. The van der Waals surface area contributed by atoms with Gasteiger partial charge in [0.05, 0.1) is 0 Å². The average molecular weight is 398 g/mol. The number of phenolic OH excluding ortho intramolecular Hbond substituents is 2. The van der Waals surface area contributed by atoms with E-state index in [4.69, 9.17) is 9.47 Å². The number of carbonyl (C=O) groups excluding carboxylic acids is 1. The lowest BCUT2D eigenvalue weighted by molar-refractivity contribution is 0.152. The van der Waals surface area contributed by atoms with Crippen LogP contribution < -0.4 is 9.47 Å². The van der Waals surface area contributed by atoms with Gasteiger partial charge in [-0.25, -0.2) is 4.79 Å². The molecule has 148 valence electrons. The van der Waals surface area contributed by atoms with Gasteiger partial charge in [0.25, 0.3) is 0 Å². The van der Waals surface area contributed by atoms with Crippen LogP contribution in [0.5, 0.6) is 23.0 Å². The molecule has 2 N–H and O–H groups in total. The fourth-order valence-corrected chi connectivity index (χ4v) is 3.07. The highest BCUT2D eigenvalue weighted by molar-refractivity contribution is 5.78. The van der Waals surface area contributed by atoms with Crippen LogP contribution in [0.2, 0.25) is 0 Å². The van der Waals surface area contributed by atoms with E-state index in [0.717, 1.165) is 11.1 Å². The third-order valence-electron chi connectivity index (χ3n) is 4.52. The van der Waals surface area contributed by atoms with Crippen molar-refractivity contribution in [1.82, 2.24) is 0 Å². The molecule has 0 fully saturated rings. The van der Waals surface area contributed by atoms with E-state index in [1.165, 1.54) is 0 Å². The van der Waals surface area contributed by atoms with E-state index in [1.807, 2.05) is 24.3 Å². The Balaban J connectivity index is 1.57. The second-order valence-electron chi connectivity index (χ2n) is 6.54. The van der Waals surface area contributed by atoms with Crippen LogP contribution >= 0.6 is 0 Å². The quantitative estimate of drug-likeness (QED) is 0.325. The zero-order chi connectivity index (χ0) is 20.9. The molecule has 0 spiro atoms. The molecule has 5 nitrogen and oxygen atoms in total. The summed E-state index contributed by atoms with van der Waals surface area (Å²) in [5.74, 6) is 0.996. The van der Waals surface area contributed by atoms with E-state index in [2.05, 4.69) is 0 Å². The summed E-state index contributed by atoms with van der Waals surface area (Å²) in [5.41, 5.74) is 2.98. The summed E-state index contributed by atoms with van der Waals surface area (Å²) in [6.07, 6.45) is -0.868. The summed E-state index contributed by atoms with van der Waals surface area (Å²) in [5, 5.41) is 19.0. The molecule has 4 aromatic carbocycles. The van der Waals surface area contributed by atoms with Gasteiger partial charge in [-0.05, 0) is 47.5 Å². The molecule has 0 aliphatic heterocycles. The maximum Gasteiger partial charge on any atom is 0.519 e. The lowest BCUT2D eigenvalue weighted by Gasteiger charge is -2.12. The Morgan fingerprint density at radius 2 is 0.900 bits per heavy atom. The van der Waals surface area contributed by atoms with Gasteiger partial charge < -0.3 is 19.7 Å². The SMILES string of the molecule is O=C(Oc1ccccc1-c1ccc(O)cc1)Oc1ccccc1-c1ccc(O)cc1. The first-order valence-electron chi connectivity index (χ1n) is 9.27. The maximum atomic E-state index is 12.5. The minimum Gasteiger partial charge on any atom is -0.508 e. The van der Waals surface area contributed by atoms with Crippen molar-refractivity contribution in [3.05, 3.63) is 97.1 Å². The number of hydrogen-bond acceptors (Lipinski definition) is 5. The van der Waals surface area contributed by atoms with Crippen LogP contribution in [0.1, 0.15) is 0 Å². The standard InChI is InChI=1S/C25H18O5/c26-19-13-9-17(10-14-19)21-5-1-3-7-23(21)29-25(28)30-24-8-4-2-6-22(24)18-11-15-20(27)16-12-18/h1-16,26-27H. The maximum absolute atomic E-state index is 12.5. The van der Waals surface area contributed by atoms with Gasteiger partial charge in [0.2, 0.25) is 0 Å². The third kappa shape index (κ3) is 4.25. The average Bonchev–Trinajstić information content (AvgIpc) is 2.76. The summed E-state index contributed by atoms with van der Waals surface area (Å²) in [7, 11) is 0. The molecule has 0 atom stereocenters. The zero-order valence-electron chi connectivity index (χ0n) is 15.9. The highest BCUT2D eigenvalue weighted by Crippen LogP contribution is 2.33. The van der Waals surface area contributed by atoms with Crippen molar-refractivity contribution in [2.45, 2.75) is 0 Å². The van der Waals surface area contributed by atoms with Crippen LogP contribution in [-0.4, -0.2) is 16.4 Å². The molecular weight excluding hydrogens is 380 g/mol. The fourth-order valence-electron chi connectivity index (χ4n) is 3.07. The van der Waals surface area contributed by atoms with Crippen LogP contribution in [-0.2, 0) is 0 Å². The summed E-state index contributed by atoms with van der Waals surface area (Å²) in [6, 6.07) is 27.4. The van der Waals surface area contributed by atoms with E-state index in [9.17, 15) is 15.0 Å². The molecule has 0 radical (unpaired) electrons. The van der Waals surface area contributed by atoms with Gasteiger partial charge in [0, 0.05) is 11.1 Å². The molecule has 4 rings (SSSR count). The predicted molar refractivity (Wildman–Crippen MR) is 114 cm³/mol. The molecule has 5 heteroatoms. The lowest BCUT2D eigenvalue weighted by atomic mass is 10.0. The molecule has 0 saturated heterocycles. The van der Waals surface area contributed by atoms with Crippen molar-refractivity contribution in [1.29, 1.82) is 0 Å². The van der Waals surface area contributed by atoms with E-state index < -0.39 is 6.16 Å². The Hall–Kier alpha value is -4.25. The van der Waals surface area contributed by atoms with E-state index in [1.54, 1.807) is 72.8 Å². The van der Waals surface area contributed by atoms with Crippen molar-refractivity contribution in [2.75, 3.05) is 0 Å². The van der Waals surface area contributed by atoms with Crippen molar-refractivity contribution in [2.24, 2.45) is 0 Å². The smallest absolute Gasteiger partial charge is 0.508 e. The Bertz CT molecular complexity index is 1070. The number of rotatable bonds is 4. The van der Waals surface area contributed by atoms with Gasteiger partial charge in [-0.3, -0.25) is 0 Å². The Morgan fingerprint density at radius 3 is 1.30 bits per heavy atom. The summed E-state index contributed by atoms with van der Waals surface area (Å²) in [4.78, 5) is 12.5. The Labute approximate surface area is 173 Å². The van der Waals surface area contributed by atoms with Gasteiger partial charge in [-0.1, -0.05) is 60.7 Å². The largest absolute Gasteiger partial charge is 0.519 e. The predicted octanol–water partition coefficient (Wildman–Crippen LogP) is 6.01. The molecule has 0 aromatic heterocycles. The third-order valence-corrected chi connectivity index (χ3v) is 4.52. The lowest BCUT2D eigenvalue weighted by Crippen LogP contribution is -2.14. The minimum atomic E-state index is -0.868. The topological polar surface area (TPSA) is 76.0 Å². The first-order chi connectivity index (χ1) is 14.6. The molecule has 0 saturated carbocycles. The van der Waals surface area contributed by atoms with Gasteiger partial charge in [0.1, 0.15) is 23.0 Å². The van der Waals surface area contributed by atoms with E-state index in [-0.39, 0.29) is 11.5 Å². The fraction of sp³-hybridized carbons (Fsp3) is 0. The number of carbonyl (C=O) groups is 1. The van der Waals surface area contributed by atoms with Crippen LogP contribution in [0.25, 0.3) is 22.3 Å². The molecule has 0 unspecified atom stereocenters. The molecule has 0 aliphatic carbocycles. The Kier molecular flexibility index (Phi) is 5.35.